The Kier molecular flexibility index (Phi) is 12.1. The Morgan fingerprint density at radius 3 is 2.05 bits per heavy atom. The van der Waals surface area contributed by atoms with Gasteiger partial charge in [0.25, 0.3) is 0 Å². The molecule has 2 aromatic rings. The van der Waals surface area contributed by atoms with Crippen LogP contribution in [0, 0.1) is 5.92 Å². The molecule has 40 heavy (non-hydrogen) atoms. The molecule has 1 heterocycles. The summed E-state index contributed by atoms with van der Waals surface area (Å²) in [5, 5.41) is 26.7. The fourth-order valence-corrected chi connectivity index (χ4v) is 3.77. The molecule has 10 N–H and O–H groups in total. The molecule has 4 amide bonds. The van der Waals surface area contributed by atoms with Crippen molar-refractivity contribution in [3.63, 3.8) is 0 Å². The van der Waals surface area contributed by atoms with Crippen molar-refractivity contribution >= 4 is 29.6 Å². The third kappa shape index (κ3) is 10.0. The maximum Gasteiger partial charge on any atom is 0.326 e. The lowest BCUT2D eigenvalue weighted by Crippen LogP contribution is -2.58. The fourth-order valence-electron chi connectivity index (χ4n) is 3.77. The molecule has 218 valence electrons. The van der Waals surface area contributed by atoms with Gasteiger partial charge in [0.05, 0.1) is 12.4 Å². The van der Waals surface area contributed by atoms with Gasteiger partial charge in [-0.3, -0.25) is 19.2 Å². The molecule has 0 radical (unpaired) electrons. The van der Waals surface area contributed by atoms with E-state index in [1.807, 2.05) is 6.92 Å². The summed E-state index contributed by atoms with van der Waals surface area (Å²) >= 11 is 0. The Balaban J connectivity index is 2.29. The van der Waals surface area contributed by atoms with Crippen LogP contribution in [0.5, 0.6) is 5.75 Å². The molecule has 0 fully saturated rings. The number of nitrogens with two attached hydrogens (primary N) is 2. The van der Waals surface area contributed by atoms with Crippen molar-refractivity contribution in [1.29, 1.82) is 0 Å². The van der Waals surface area contributed by atoms with Gasteiger partial charge in [-0.05, 0) is 30.0 Å². The minimum atomic E-state index is -1.43. The number of H-pyrrole nitrogens is 1. The largest absolute Gasteiger partial charge is 0.508 e. The molecule has 0 bridgehead atoms. The zero-order valence-electron chi connectivity index (χ0n) is 22.4. The molecule has 14 heteroatoms. The van der Waals surface area contributed by atoms with Crippen molar-refractivity contribution in [3.05, 3.63) is 48.0 Å². The molecule has 14 nitrogen and oxygen atoms in total. The van der Waals surface area contributed by atoms with Crippen molar-refractivity contribution in [1.82, 2.24) is 25.9 Å². The summed E-state index contributed by atoms with van der Waals surface area (Å²) in [4.78, 5) is 69.0. The first-order valence-corrected chi connectivity index (χ1v) is 12.8. The number of carbonyl (C=O) groups excluding carboxylic acids is 4. The number of carbonyl (C=O) groups is 5. The van der Waals surface area contributed by atoms with E-state index in [0.717, 1.165) is 0 Å². The van der Waals surface area contributed by atoms with Crippen molar-refractivity contribution in [2.75, 3.05) is 0 Å². The summed E-state index contributed by atoms with van der Waals surface area (Å²) in [7, 11) is 0. The van der Waals surface area contributed by atoms with E-state index >= 15 is 0 Å². The first-order valence-electron chi connectivity index (χ1n) is 12.8. The molecule has 5 atom stereocenters. The zero-order chi connectivity index (χ0) is 29.8. The number of primary amides is 1. The number of carboxylic acids is 1. The number of amides is 4. The maximum atomic E-state index is 13.5. The lowest BCUT2D eigenvalue weighted by molar-refractivity contribution is -0.142. The smallest absolute Gasteiger partial charge is 0.326 e. The molecule has 0 aliphatic carbocycles. The number of phenolic OH excluding ortho intramolecular Hbond substituents is 1. The molecule has 5 unspecified atom stereocenters. The Labute approximate surface area is 231 Å². The second-order valence-electron chi connectivity index (χ2n) is 9.59. The number of aromatic amines is 1. The number of aromatic hydroxyl groups is 1. The highest BCUT2D eigenvalue weighted by Crippen LogP contribution is 2.13. The first-order chi connectivity index (χ1) is 18.9. The van der Waals surface area contributed by atoms with Gasteiger partial charge < -0.3 is 42.6 Å². The van der Waals surface area contributed by atoms with E-state index in [0.29, 0.717) is 17.7 Å². The fraction of sp³-hybridized carbons (Fsp3) is 0.462. The van der Waals surface area contributed by atoms with Crippen LogP contribution in [-0.4, -0.2) is 73.9 Å². The molecule has 2 rings (SSSR count). The lowest BCUT2D eigenvalue weighted by atomic mass is 9.98. The second-order valence-corrected chi connectivity index (χ2v) is 9.59. The van der Waals surface area contributed by atoms with Crippen LogP contribution in [0.3, 0.4) is 0 Å². The first kappa shape index (κ1) is 31.8. The van der Waals surface area contributed by atoms with E-state index in [4.69, 9.17) is 11.5 Å². The van der Waals surface area contributed by atoms with Crippen LogP contribution in [0.25, 0.3) is 0 Å². The Morgan fingerprint density at radius 1 is 0.950 bits per heavy atom. The summed E-state index contributed by atoms with van der Waals surface area (Å²) in [5.74, 6) is -4.35. The topological polar surface area (TPSA) is 243 Å². The minimum absolute atomic E-state index is 0.0137. The molecule has 0 spiro atoms. The van der Waals surface area contributed by atoms with Crippen LogP contribution >= 0.6 is 0 Å². The van der Waals surface area contributed by atoms with Crippen LogP contribution in [0.1, 0.15) is 44.4 Å². The number of nitrogens with one attached hydrogen (secondary N) is 4. The molecule has 1 aromatic heterocycles. The third-order valence-electron chi connectivity index (χ3n) is 6.47. The molecular weight excluding hydrogens is 522 g/mol. The average molecular weight is 560 g/mol. The molecule has 0 aliphatic heterocycles. The quantitative estimate of drug-likeness (QED) is 0.127. The van der Waals surface area contributed by atoms with E-state index < -0.39 is 53.8 Å². The third-order valence-corrected chi connectivity index (χ3v) is 6.47. The number of carboxylic acid groups (broad SMARTS) is 1. The van der Waals surface area contributed by atoms with E-state index in [-0.39, 0.29) is 37.4 Å². The number of rotatable bonds is 16. The molecule has 1 aromatic carbocycles. The van der Waals surface area contributed by atoms with Crippen molar-refractivity contribution in [2.24, 2.45) is 17.4 Å². The van der Waals surface area contributed by atoms with Gasteiger partial charge in [0.1, 0.15) is 23.9 Å². The predicted molar refractivity (Wildman–Crippen MR) is 143 cm³/mol. The van der Waals surface area contributed by atoms with Gasteiger partial charge in [0.15, 0.2) is 0 Å². The number of benzene rings is 1. The summed E-state index contributed by atoms with van der Waals surface area (Å²) in [6.45, 7) is 3.69. The number of hydrogen-bond donors (Lipinski definition) is 8. The maximum absolute atomic E-state index is 13.5. The number of phenols is 1. The number of imidazole rings is 1. The Morgan fingerprint density at radius 2 is 1.52 bits per heavy atom. The summed E-state index contributed by atoms with van der Waals surface area (Å²) < 4.78 is 0. The van der Waals surface area contributed by atoms with E-state index in [1.54, 1.807) is 19.1 Å². The number of hydrogen-bond acceptors (Lipinski definition) is 8. The molecular formula is C26H37N7O7. The van der Waals surface area contributed by atoms with Gasteiger partial charge in [-0.15, -0.1) is 0 Å². The molecule has 0 saturated carbocycles. The van der Waals surface area contributed by atoms with E-state index in [2.05, 4.69) is 25.9 Å². The van der Waals surface area contributed by atoms with Crippen molar-refractivity contribution < 1.29 is 34.2 Å². The Bertz CT molecular complexity index is 1150. The number of aliphatic carboxylic acids is 1. The van der Waals surface area contributed by atoms with Gasteiger partial charge in [-0.25, -0.2) is 9.78 Å². The monoisotopic (exact) mass is 559 g/mol. The van der Waals surface area contributed by atoms with Gasteiger partial charge in [0, 0.05) is 31.2 Å². The van der Waals surface area contributed by atoms with Gasteiger partial charge in [-0.2, -0.15) is 0 Å². The van der Waals surface area contributed by atoms with Crippen molar-refractivity contribution in [3.8, 4) is 5.75 Å². The van der Waals surface area contributed by atoms with Crippen LogP contribution in [0.2, 0.25) is 0 Å². The van der Waals surface area contributed by atoms with Crippen molar-refractivity contribution in [2.45, 2.75) is 70.1 Å². The normalized spacial score (nSPS) is 14.7. The summed E-state index contributed by atoms with van der Waals surface area (Å²) in [6.07, 6.45) is 2.88. The SMILES string of the molecule is CCC(C)C(N)C(=O)NC(Cc1ccc(O)cc1)C(=O)NC(Cc1cnc[nH]1)C(=O)NC(CCC(N)=O)C(=O)O. The van der Waals surface area contributed by atoms with E-state index in [9.17, 15) is 34.2 Å². The predicted octanol–water partition coefficient (Wildman–Crippen LogP) is -0.922. The van der Waals surface area contributed by atoms with Crippen LogP contribution in [0.4, 0.5) is 0 Å². The minimum Gasteiger partial charge on any atom is -0.508 e. The second kappa shape index (κ2) is 15.2. The van der Waals surface area contributed by atoms with E-state index in [1.165, 1.54) is 24.7 Å². The van der Waals surface area contributed by atoms with Gasteiger partial charge in [-0.1, -0.05) is 32.4 Å². The van der Waals surface area contributed by atoms with Crippen LogP contribution in [0.15, 0.2) is 36.8 Å². The standard InChI is InChI=1S/C26H37N7O7/c1-3-14(2)22(28)25(38)33-19(10-15-4-6-17(34)7-5-15)23(36)32-20(11-16-12-29-13-30-16)24(37)31-18(26(39)40)8-9-21(27)35/h4-7,12-14,18-20,22,34H,3,8-11,28H2,1-2H3,(H2,27,35)(H,29,30)(H,31,37)(H,32,36)(H,33,38)(H,39,40). The average Bonchev–Trinajstić information content (AvgIpc) is 3.43. The summed E-state index contributed by atoms with van der Waals surface area (Å²) in [6, 6.07) is 1.30. The highest BCUT2D eigenvalue weighted by atomic mass is 16.4. The van der Waals surface area contributed by atoms with Crippen LogP contribution in [-0.2, 0) is 36.8 Å². The number of nitrogens with zero attached hydrogens (tertiary/aromatic N) is 1. The van der Waals surface area contributed by atoms with Crippen LogP contribution < -0.4 is 27.4 Å². The molecule has 0 aliphatic rings. The summed E-state index contributed by atoms with van der Waals surface area (Å²) in [5.41, 5.74) is 12.3. The zero-order valence-corrected chi connectivity index (χ0v) is 22.4. The van der Waals surface area contributed by atoms with Gasteiger partial charge >= 0.3 is 5.97 Å². The molecule has 0 saturated heterocycles. The van der Waals surface area contributed by atoms with Gasteiger partial charge in [0.2, 0.25) is 23.6 Å². The highest BCUT2D eigenvalue weighted by Gasteiger charge is 2.31. The Hall–Kier alpha value is -4.46. The highest BCUT2D eigenvalue weighted by molar-refractivity contribution is 5.94. The lowest BCUT2D eigenvalue weighted by Gasteiger charge is -2.26. The number of aromatic nitrogens is 2.